The van der Waals surface area contributed by atoms with Gasteiger partial charge < -0.3 is 14.8 Å². The number of anilines is 1. The van der Waals surface area contributed by atoms with E-state index in [0.717, 1.165) is 18.4 Å². The first-order valence-electron chi connectivity index (χ1n) is 10.3. The summed E-state index contributed by atoms with van der Waals surface area (Å²) in [4.78, 5) is 37.1. The highest BCUT2D eigenvalue weighted by Crippen LogP contribution is 2.57. The minimum Gasteiger partial charge on any atom is -0.485 e. The lowest BCUT2D eigenvalue weighted by Gasteiger charge is -2.23. The van der Waals surface area contributed by atoms with Crippen LogP contribution in [0.5, 0.6) is 5.75 Å². The van der Waals surface area contributed by atoms with Gasteiger partial charge in [0.25, 0.3) is 0 Å². The summed E-state index contributed by atoms with van der Waals surface area (Å²) in [5.74, 6) is -0.0263. The molecule has 0 radical (unpaired) electrons. The smallest absolute Gasteiger partial charge is 0.310 e. The number of fused-ring (bicyclic) bond motifs is 1. The van der Waals surface area contributed by atoms with Crippen LogP contribution in [0.1, 0.15) is 28.8 Å². The minimum absolute atomic E-state index is 0.0237. The number of Topliss-reactive ketones (excluding diaryl/α,β-unsaturated/α-hetero) is 1. The van der Waals surface area contributed by atoms with Gasteiger partial charge in [-0.2, -0.15) is 0 Å². The Bertz CT molecular complexity index is 995. The lowest BCUT2D eigenvalue weighted by Crippen LogP contribution is -2.35. The van der Waals surface area contributed by atoms with Gasteiger partial charge in [0.2, 0.25) is 5.91 Å². The van der Waals surface area contributed by atoms with Gasteiger partial charge >= 0.3 is 5.97 Å². The Morgan fingerprint density at radius 3 is 2.53 bits per heavy atom. The Hall–Kier alpha value is -3.15. The zero-order chi connectivity index (χ0) is 20.8. The van der Waals surface area contributed by atoms with Crippen molar-refractivity contribution in [1.82, 2.24) is 0 Å². The molecule has 2 aromatic carbocycles. The third kappa shape index (κ3) is 3.26. The van der Waals surface area contributed by atoms with Crippen LogP contribution in [0.25, 0.3) is 0 Å². The number of nitrogens with one attached hydrogen (secondary N) is 1. The Morgan fingerprint density at radius 1 is 1.07 bits per heavy atom. The number of benzene rings is 2. The number of esters is 1. The van der Waals surface area contributed by atoms with Crippen molar-refractivity contribution in [2.45, 2.75) is 25.9 Å². The summed E-state index contributed by atoms with van der Waals surface area (Å²) in [7, 11) is 0. The number of hydrogen-bond acceptors (Lipinski definition) is 5. The predicted octanol–water partition coefficient (Wildman–Crippen LogP) is 3.39. The van der Waals surface area contributed by atoms with E-state index >= 15 is 0 Å². The molecule has 5 atom stereocenters. The van der Waals surface area contributed by atoms with Crippen molar-refractivity contribution in [3.63, 3.8) is 0 Å². The van der Waals surface area contributed by atoms with Gasteiger partial charge in [-0.05, 0) is 49.9 Å². The summed E-state index contributed by atoms with van der Waals surface area (Å²) in [6, 6.07) is 14.3. The van der Waals surface area contributed by atoms with Crippen LogP contribution >= 0.6 is 0 Å². The van der Waals surface area contributed by atoms with Gasteiger partial charge in [0.15, 0.2) is 12.4 Å². The maximum Gasteiger partial charge on any atom is 0.310 e. The Kier molecular flexibility index (Phi) is 4.57. The first-order valence-corrected chi connectivity index (χ1v) is 10.3. The highest BCUT2D eigenvalue weighted by Gasteiger charge is 2.63. The van der Waals surface area contributed by atoms with E-state index in [-0.39, 0.29) is 54.0 Å². The second-order valence-corrected chi connectivity index (χ2v) is 8.51. The van der Waals surface area contributed by atoms with Gasteiger partial charge in [0.05, 0.1) is 11.8 Å². The number of rotatable bonds is 6. The number of hydrogen-bond donors (Lipinski definition) is 1. The molecule has 1 saturated heterocycles. The predicted molar refractivity (Wildman–Crippen MR) is 109 cm³/mol. The Balaban J connectivity index is 1.17. The first kappa shape index (κ1) is 18.9. The van der Waals surface area contributed by atoms with Gasteiger partial charge in [-0.3, -0.25) is 14.4 Å². The molecule has 2 aromatic rings. The molecule has 1 aliphatic heterocycles. The molecule has 6 nitrogen and oxygen atoms in total. The van der Waals surface area contributed by atoms with Crippen LogP contribution in [0.4, 0.5) is 5.69 Å². The van der Waals surface area contributed by atoms with Crippen LogP contribution in [0.15, 0.2) is 48.5 Å². The van der Waals surface area contributed by atoms with E-state index in [1.807, 2.05) is 19.1 Å². The maximum absolute atomic E-state index is 12.8. The van der Waals surface area contributed by atoms with E-state index in [1.165, 1.54) is 0 Å². The molecule has 3 aliphatic rings. The standard InChI is InChI=1S/C24H23NO5/c1-13-2-4-14(5-3-13)19(26)12-29-17-8-6-16(7-9-17)25-23(27)21-15-10-18-20(11-15)30-24(28)22(18)21/h2-9,15,18,20-22H,10-12H2,1H3,(H,25,27)/t15-,18-,20+,21-,22-/m0/s1. The average Bonchev–Trinajstić information content (AvgIpc) is 3.36. The fourth-order valence-corrected chi connectivity index (χ4v) is 5.19. The molecule has 3 fully saturated rings. The molecule has 1 amide bonds. The van der Waals surface area contributed by atoms with E-state index in [9.17, 15) is 14.4 Å². The fraction of sp³-hybridized carbons (Fsp3) is 0.375. The average molecular weight is 405 g/mol. The van der Waals surface area contributed by atoms with Gasteiger partial charge in [0.1, 0.15) is 11.9 Å². The van der Waals surface area contributed by atoms with Crippen LogP contribution in [0.3, 0.4) is 0 Å². The fourth-order valence-electron chi connectivity index (χ4n) is 5.19. The van der Waals surface area contributed by atoms with E-state index < -0.39 is 0 Å². The second kappa shape index (κ2) is 7.27. The molecule has 0 unspecified atom stereocenters. The minimum atomic E-state index is -0.302. The molecule has 1 heterocycles. The Morgan fingerprint density at radius 2 is 1.80 bits per heavy atom. The van der Waals surface area contributed by atoms with Crippen molar-refractivity contribution in [2.75, 3.05) is 11.9 Å². The molecule has 6 heteroatoms. The molecule has 2 saturated carbocycles. The Labute approximate surface area is 174 Å². The van der Waals surface area contributed by atoms with Crippen LogP contribution in [-0.2, 0) is 14.3 Å². The molecule has 0 aromatic heterocycles. The number of amides is 1. The summed E-state index contributed by atoms with van der Waals surface area (Å²) in [6.07, 6.45) is 1.73. The van der Waals surface area contributed by atoms with Gasteiger partial charge in [0, 0.05) is 17.2 Å². The van der Waals surface area contributed by atoms with Crippen molar-refractivity contribution in [1.29, 1.82) is 0 Å². The van der Waals surface area contributed by atoms with E-state index in [2.05, 4.69) is 5.32 Å². The number of carbonyl (C=O) groups excluding carboxylic acids is 3. The monoisotopic (exact) mass is 405 g/mol. The van der Waals surface area contributed by atoms with Crippen LogP contribution in [-0.4, -0.2) is 30.4 Å². The van der Waals surface area contributed by atoms with Crippen LogP contribution < -0.4 is 10.1 Å². The van der Waals surface area contributed by atoms with Crippen molar-refractivity contribution < 1.29 is 23.9 Å². The molecule has 154 valence electrons. The molecule has 5 rings (SSSR count). The lowest BCUT2D eigenvalue weighted by atomic mass is 9.79. The van der Waals surface area contributed by atoms with Crippen molar-refractivity contribution >= 4 is 23.3 Å². The lowest BCUT2D eigenvalue weighted by molar-refractivity contribution is -0.145. The molecule has 2 aliphatic carbocycles. The van der Waals surface area contributed by atoms with E-state index in [0.29, 0.717) is 17.0 Å². The zero-order valence-corrected chi connectivity index (χ0v) is 16.7. The number of carbonyl (C=O) groups is 3. The molecular weight excluding hydrogens is 382 g/mol. The zero-order valence-electron chi connectivity index (χ0n) is 16.7. The van der Waals surface area contributed by atoms with E-state index in [1.54, 1.807) is 36.4 Å². The van der Waals surface area contributed by atoms with Gasteiger partial charge in [-0.25, -0.2) is 0 Å². The molecule has 2 bridgehead atoms. The van der Waals surface area contributed by atoms with Crippen molar-refractivity contribution in [3.8, 4) is 5.75 Å². The molecule has 30 heavy (non-hydrogen) atoms. The first-order chi connectivity index (χ1) is 14.5. The largest absolute Gasteiger partial charge is 0.485 e. The van der Waals surface area contributed by atoms with Gasteiger partial charge in [-0.15, -0.1) is 0 Å². The van der Waals surface area contributed by atoms with Crippen molar-refractivity contribution in [2.24, 2.45) is 23.7 Å². The molecular formula is C24H23NO5. The summed E-state index contributed by atoms with van der Waals surface area (Å²) in [6.45, 7) is 1.92. The molecule has 1 N–H and O–H groups in total. The summed E-state index contributed by atoms with van der Waals surface area (Å²) in [5, 5.41) is 2.93. The quantitative estimate of drug-likeness (QED) is 0.589. The topological polar surface area (TPSA) is 81.7 Å². The van der Waals surface area contributed by atoms with Crippen LogP contribution in [0, 0.1) is 30.6 Å². The second-order valence-electron chi connectivity index (χ2n) is 8.51. The maximum atomic E-state index is 12.8. The van der Waals surface area contributed by atoms with E-state index in [4.69, 9.17) is 9.47 Å². The highest BCUT2D eigenvalue weighted by atomic mass is 16.6. The third-order valence-corrected chi connectivity index (χ3v) is 6.65. The van der Waals surface area contributed by atoms with Gasteiger partial charge in [-0.1, -0.05) is 29.8 Å². The molecule has 0 spiro atoms. The SMILES string of the molecule is Cc1ccc(C(=O)COc2ccc(NC(=O)[C@H]3[C@H]4C[C@@H]5[C@@H]3C(=O)O[C@@H]5C4)cc2)cc1. The summed E-state index contributed by atoms with van der Waals surface area (Å²) < 4.78 is 11.0. The normalized spacial score (nSPS) is 28.3. The third-order valence-electron chi connectivity index (χ3n) is 6.65. The van der Waals surface area contributed by atoms with Crippen LogP contribution in [0.2, 0.25) is 0 Å². The number of aryl methyl sites for hydroxylation is 1. The number of ketones is 1. The summed E-state index contributed by atoms with van der Waals surface area (Å²) in [5.41, 5.74) is 2.35. The number of ether oxygens (including phenoxy) is 2. The van der Waals surface area contributed by atoms with Crippen molar-refractivity contribution in [3.05, 3.63) is 59.7 Å². The summed E-state index contributed by atoms with van der Waals surface area (Å²) >= 11 is 0. The highest BCUT2D eigenvalue weighted by molar-refractivity contribution is 5.98.